The van der Waals surface area contributed by atoms with E-state index >= 15 is 0 Å². The zero-order valence-electron chi connectivity index (χ0n) is 11.5. The second-order valence-corrected chi connectivity index (χ2v) is 5.69. The van der Waals surface area contributed by atoms with E-state index in [1.807, 2.05) is 18.9 Å². The highest BCUT2D eigenvalue weighted by Gasteiger charge is 2.18. The maximum absolute atomic E-state index is 13.3. The number of aromatic nitrogens is 1. The summed E-state index contributed by atoms with van der Waals surface area (Å²) in [6.45, 7) is 2.71. The molecule has 8 heteroatoms. The normalized spacial score (nSPS) is 10.5. The van der Waals surface area contributed by atoms with E-state index in [2.05, 4.69) is 10.3 Å². The van der Waals surface area contributed by atoms with Crippen molar-refractivity contribution in [3.05, 3.63) is 33.9 Å². The van der Waals surface area contributed by atoms with E-state index in [9.17, 15) is 9.18 Å². The standard InChI is InChI=1S/C13H14ClFN4OS/c1-3-19(2)13-18-11(16)10(21-13)12(20)17-7-4-5-8(14)9(15)6-7/h4-6H,3,16H2,1-2H3,(H,17,20). The summed E-state index contributed by atoms with van der Waals surface area (Å²) in [4.78, 5) is 18.5. The molecule has 0 bridgehead atoms. The number of nitrogens with two attached hydrogens (primary N) is 1. The van der Waals surface area contributed by atoms with Gasteiger partial charge in [0.2, 0.25) is 0 Å². The van der Waals surface area contributed by atoms with E-state index in [-0.39, 0.29) is 10.8 Å². The first-order valence-electron chi connectivity index (χ1n) is 6.16. The fraction of sp³-hybridized carbons (Fsp3) is 0.231. The van der Waals surface area contributed by atoms with E-state index in [0.717, 1.165) is 12.6 Å². The number of benzene rings is 1. The number of nitrogens with zero attached hydrogens (tertiary/aromatic N) is 2. The highest BCUT2D eigenvalue weighted by Crippen LogP contribution is 2.28. The number of hydrogen-bond donors (Lipinski definition) is 2. The van der Waals surface area contributed by atoms with Crippen molar-refractivity contribution >= 4 is 45.5 Å². The average molecular weight is 329 g/mol. The van der Waals surface area contributed by atoms with Crippen molar-refractivity contribution in [1.82, 2.24) is 4.98 Å². The number of rotatable bonds is 4. The molecule has 0 aliphatic rings. The van der Waals surface area contributed by atoms with Crippen molar-refractivity contribution in [2.24, 2.45) is 0 Å². The fourth-order valence-electron chi connectivity index (χ4n) is 1.54. The number of thiazole rings is 1. The second-order valence-electron chi connectivity index (χ2n) is 4.31. The summed E-state index contributed by atoms with van der Waals surface area (Å²) in [5, 5.41) is 3.22. The minimum absolute atomic E-state index is 0.00263. The highest BCUT2D eigenvalue weighted by atomic mass is 35.5. The number of nitrogens with one attached hydrogen (secondary N) is 1. The second kappa shape index (κ2) is 6.28. The van der Waals surface area contributed by atoms with Crippen LogP contribution in [0.4, 0.5) is 21.0 Å². The molecule has 0 atom stereocenters. The Hall–Kier alpha value is -1.86. The summed E-state index contributed by atoms with van der Waals surface area (Å²) >= 11 is 6.78. The summed E-state index contributed by atoms with van der Waals surface area (Å²) in [7, 11) is 1.86. The topological polar surface area (TPSA) is 71.2 Å². The molecule has 0 saturated heterocycles. The number of nitrogen functional groups attached to an aromatic ring is 1. The molecule has 0 saturated carbocycles. The minimum atomic E-state index is -0.599. The van der Waals surface area contributed by atoms with Crippen LogP contribution < -0.4 is 16.0 Å². The van der Waals surface area contributed by atoms with Crippen LogP contribution >= 0.6 is 22.9 Å². The van der Waals surface area contributed by atoms with Gasteiger partial charge in [0.15, 0.2) is 5.13 Å². The van der Waals surface area contributed by atoms with Crippen LogP contribution in [0.3, 0.4) is 0 Å². The molecule has 0 aliphatic carbocycles. The van der Waals surface area contributed by atoms with Crippen LogP contribution in [0.5, 0.6) is 0 Å². The van der Waals surface area contributed by atoms with Crippen molar-refractivity contribution < 1.29 is 9.18 Å². The first-order chi connectivity index (χ1) is 9.92. The summed E-state index contributed by atoms with van der Waals surface area (Å²) in [6.07, 6.45) is 0. The number of carbonyl (C=O) groups excluding carboxylic acids is 1. The molecule has 2 rings (SSSR count). The number of anilines is 3. The third kappa shape index (κ3) is 3.43. The zero-order chi connectivity index (χ0) is 15.6. The Morgan fingerprint density at radius 2 is 2.29 bits per heavy atom. The first kappa shape index (κ1) is 15.5. The zero-order valence-corrected chi connectivity index (χ0v) is 13.1. The van der Waals surface area contributed by atoms with Crippen LogP contribution in [0, 0.1) is 5.82 Å². The number of carbonyl (C=O) groups is 1. The van der Waals surface area contributed by atoms with Crippen LogP contribution in [0.1, 0.15) is 16.6 Å². The Morgan fingerprint density at radius 1 is 1.57 bits per heavy atom. The van der Waals surface area contributed by atoms with Crippen LogP contribution in [-0.2, 0) is 0 Å². The summed E-state index contributed by atoms with van der Waals surface area (Å²) in [5.74, 6) is -0.872. The van der Waals surface area contributed by atoms with E-state index in [1.165, 1.54) is 23.5 Å². The maximum atomic E-state index is 13.3. The number of amides is 1. The fourth-order valence-corrected chi connectivity index (χ4v) is 2.57. The number of halogens is 2. The van der Waals surface area contributed by atoms with Crippen molar-refractivity contribution in [2.75, 3.05) is 29.5 Å². The molecular formula is C13H14ClFN4OS. The van der Waals surface area contributed by atoms with Crippen LogP contribution in [0.2, 0.25) is 5.02 Å². The van der Waals surface area contributed by atoms with Crippen molar-refractivity contribution in [1.29, 1.82) is 0 Å². The smallest absolute Gasteiger partial charge is 0.269 e. The molecule has 21 heavy (non-hydrogen) atoms. The van der Waals surface area contributed by atoms with E-state index in [4.69, 9.17) is 17.3 Å². The van der Waals surface area contributed by atoms with Gasteiger partial charge in [-0.1, -0.05) is 22.9 Å². The SMILES string of the molecule is CCN(C)c1nc(N)c(C(=O)Nc2ccc(Cl)c(F)c2)s1. The van der Waals surface area contributed by atoms with Gasteiger partial charge in [0, 0.05) is 19.3 Å². The Morgan fingerprint density at radius 3 is 2.90 bits per heavy atom. The molecule has 5 nitrogen and oxygen atoms in total. The third-order valence-corrected chi connectivity index (χ3v) is 4.32. The van der Waals surface area contributed by atoms with Crippen molar-refractivity contribution in [3.63, 3.8) is 0 Å². The first-order valence-corrected chi connectivity index (χ1v) is 7.35. The summed E-state index contributed by atoms with van der Waals surface area (Å²) in [5.41, 5.74) is 6.06. The summed E-state index contributed by atoms with van der Waals surface area (Å²) < 4.78 is 13.3. The predicted molar refractivity (Wildman–Crippen MR) is 84.8 cm³/mol. The van der Waals surface area contributed by atoms with Crippen molar-refractivity contribution in [2.45, 2.75) is 6.92 Å². The van der Waals surface area contributed by atoms with Gasteiger partial charge in [0.25, 0.3) is 5.91 Å². The van der Waals surface area contributed by atoms with Gasteiger partial charge < -0.3 is 16.0 Å². The monoisotopic (exact) mass is 328 g/mol. The maximum Gasteiger partial charge on any atom is 0.269 e. The van der Waals surface area contributed by atoms with E-state index in [0.29, 0.717) is 15.7 Å². The van der Waals surface area contributed by atoms with Crippen LogP contribution in [-0.4, -0.2) is 24.5 Å². The lowest BCUT2D eigenvalue weighted by Crippen LogP contribution is -2.15. The molecule has 0 radical (unpaired) electrons. The van der Waals surface area contributed by atoms with Gasteiger partial charge in [-0.05, 0) is 25.1 Å². The van der Waals surface area contributed by atoms with E-state index < -0.39 is 11.7 Å². The van der Waals surface area contributed by atoms with Gasteiger partial charge in [0.05, 0.1) is 5.02 Å². The van der Waals surface area contributed by atoms with Crippen LogP contribution in [0.15, 0.2) is 18.2 Å². The Bertz CT molecular complexity index is 676. The molecule has 3 N–H and O–H groups in total. The Balaban J connectivity index is 2.20. The van der Waals surface area contributed by atoms with Gasteiger partial charge in [-0.25, -0.2) is 9.37 Å². The molecular weight excluding hydrogens is 315 g/mol. The van der Waals surface area contributed by atoms with Gasteiger partial charge in [0.1, 0.15) is 16.5 Å². The lowest BCUT2D eigenvalue weighted by atomic mass is 10.3. The van der Waals surface area contributed by atoms with Crippen LogP contribution in [0.25, 0.3) is 0 Å². The molecule has 1 amide bonds. The molecule has 1 aromatic carbocycles. The molecule has 1 heterocycles. The van der Waals surface area contributed by atoms with E-state index in [1.54, 1.807) is 0 Å². The molecule has 2 aromatic rings. The van der Waals surface area contributed by atoms with Crippen molar-refractivity contribution in [3.8, 4) is 0 Å². The molecule has 0 fully saturated rings. The average Bonchev–Trinajstić information content (AvgIpc) is 2.84. The lowest BCUT2D eigenvalue weighted by molar-refractivity contribution is 0.103. The Kier molecular flexibility index (Phi) is 4.64. The van der Waals surface area contributed by atoms with Gasteiger partial charge in [-0.15, -0.1) is 0 Å². The minimum Gasteiger partial charge on any atom is -0.382 e. The molecule has 0 aliphatic heterocycles. The Labute approximate surface area is 130 Å². The number of hydrogen-bond acceptors (Lipinski definition) is 5. The largest absolute Gasteiger partial charge is 0.382 e. The highest BCUT2D eigenvalue weighted by molar-refractivity contribution is 7.18. The molecule has 0 spiro atoms. The third-order valence-electron chi connectivity index (χ3n) is 2.83. The molecule has 0 unspecified atom stereocenters. The van der Waals surface area contributed by atoms with Gasteiger partial charge in [-0.3, -0.25) is 4.79 Å². The predicted octanol–water partition coefficient (Wildman–Crippen LogP) is 3.23. The quantitative estimate of drug-likeness (QED) is 0.904. The van der Waals surface area contributed by atoms with Gasteiger partial charge in [-0.2, -0.15) is 0 Å². The lowest BCUT2D eigenvalue weighted by Gasteiger charge is -2.10. The molecule has 112 valence electrons. The van der Waals surface area contributed by atoms with Gasteiger partial charge >= 0.3 is 0 Å². The summed E-state index contributed by atoms with van der Waals surface area (Å²) in [6, 6.07) is 4.04. The molecule has 1 aromatic heterocycles.